The predicted octanol–water partition coefficient (Wildman–Crippen LogP) is 5.73. The van der Waals surface area contributed by atoms with Crippen LogP contribution < -0.4 is 5.32 Å². The fourth-order valence-corrected chi connectivity index (χ4v) is 3.11. The molecule has 3 heteroatoms. The number of halogens is 2. The number of aryl methyl sites for hydroxylation is 3. The van der Waals surface area contributed by atoms with Crippen molar-refractivity contribution < 1.29 is 0 Å². The van der Waals surface area contributed by atoms with Crippen molar-refractivity contribution in [1.29, 1.82) is 0 Å². The van der Waals surface area contributed by atoms with Gasteiger partial charge in [0.25, 0.3) is 0 Å². The van der Waals surface area contributed by atoms with E-state index in [4.69, 9.17) is 11.6 Å². The van der Waals surface area contributed by atoms with Crippen LogP contribution in [0.3, 0.4) is 0 Å². The standard InChI is InChI=1S/C18H21BrClN/c1-5-21-18(14-6-7-17(20)16(19)10-14)15-9-12(3)11(2)8-13(15)4/h6-10,18,21H,5H2,1-4H3. The van der Waals surface area contributed by atoms with Crippen LogP contribution in [-0.4, -0.2) is 6.54 Å². The lowest BCUT2D eigenvalue weighted by atomic mass is 9.91. The molecule has 0 amide bonds. The molecule has 2 aromatic carbocycles. The minimum absolute atomic E-state index is 0.183. The smallest absolute Gasteiger partial charge is 0.0579 e. The Kier molecular flexibility index (Phi) is 5.48. The van der Waals surface area contributed by atoms with E-state index >= 15 is 0 Å². The molecule has 2 rings (SSSR count). The van der Waals surface area contributed by atoms with E-state index in [-0.39, 0.29) is 6.04 Å². The van der Waals surface area contributed by atoms with E-state index in [9.17, 15) is 0 Å². The van der Waals surface area contributed by atoms with E-state index in [0.717, 1.165) is 16.0 Å². The van der Waals surface area contributed by atoms with Gasteiger partial charge < -0.3 is 5.32 Å². The van der Waals surface area contributed by atoms with Crippen molar-refractivity contribution in [3.05, 3.63) is 67.6 Å². The van der Waals surface area contributed by atoms with Crippen LogP contribution in [0, 0.1) is 20.8 Å². The van der Waals surface area contributed by atoms with Gasteiger partial charge >= 0.3 is 0 Å². The molecular formula is C18H21BrClN. The highest BCUT2D eigenvalue weighted by atomic mass is 79.9. The third kappa shape index (κ3) is 3.68. The average molecular weight is 367 g/mol. The molecule has 0 aliphatic rings. The molecule has 112 valence electrons. The van der Waals surface area contributed by atoms with Gasteiger partial charge in [-0.1, -0.05) is 36.7 Å². The van der Waals surface area contributed by atoms with Crippen molar-refractivity contribution in [2.45, 2.75) is 33.7 Å². The van der Waals surface area contributed by atoms with Crippen molar-refractivity contribution in [3.8, 4) is 0 Å². The summed E-state index contributed by atoms with van der Waals surface area (Å²) >= 11 is 9.64. The molecule has 0 fully saturated rings. The first-order valence-electron chi connectivity index (χ1n) is 7.20. The van der Waals surface area contributed by atoms with Gasteiger partial charge in [0.2, 0.25) is 0 Å². The lowest BCUT2D eigenvalue weighted by Gasteiger charge is -2.22. The first kappa shape index (κ1) is 16.5. The molecule has 0 saturated heterocycles. The van der Waals surface area contributed by atoms with E-state index in [1.54, 1.807) is 0 Å². The summed E-state index contributed by atoms with van der Waals surface area (Å²) in [6.07, 6.45) is 0. The molecule has 0 saturated carbocycles. The summed E-state index contributed by atoms with van der Waals surface area (Å²) < 4.78 is 0.936. The fraction of sp³-hybridized carbons (Fsp3) is 0.333. The number of rotatable bonds is 4. The lowest BCUT2D eigenvalue weighted by molar-refractivity contribution is 0.627. The van der Waals surface area contributed by atoms with Crippen LogP contribution >= 0.6 is 27.5 Å². The van der Waals surface area contributed by atoms with Crippen LogP contribution in [0.15, 0.2) is 34.8 Å². The zero-order valence-corrected chi connectivity index (χ0v) is 15.3. The first-order chi connectivity index (χ1) is 9.93. The Morgan fingerprint density at radius 3 is 2.33 bits per heavy atom. The van der Waals surface area contributed by atoms with Gasteiger partial charge in [0.15, 0.2) is 0 Å². The minimum Gasteiger partial charge on any atom is -0.307 e. The maximum absolute atomic E-state index is 6.12. The molecule has 1 atom stereocenters. The van der Waals surface area contributed by atoms with Crippen molar-refractivity contribution in [2.75, 3.05) is 6.54 Å². The van der Waals surface area contributed by atoms with Gasteiger partial charge in [0, 0.05) is 4.47 Å². The fourth-order valence-electron chi connectivity index (χ4n) is 2.60. The summed E-state index contributed by atoms with van der Waals surface area (Å²) in [5.41, 5.74) is 6.53. The van der Waals surface area contributed by atoms with Crippen LogP contribution in [0.5, 0.6) is 0 Å². The molecule has 0 bridgehead atoms. The number of benzene rings is 2. The molecule has 1 nitrogen and oxygen atoms in total. The first-order valence-corrected chi connectivity index (χ1v) is 8.37. The summed E-state index contributed by atoms with van der Waals surface area (Å²) in [5.74, 6) is 0. The highest BCUT2D eigenvalue weighted by molar-refractivity contribution is 9.10. The number of hydrogen-bond acceptors (Lipinski definition) is 1. The molecule has 1 N–H and O–H groups in total. The molecule has 1 unspecified atom stereocenters. The summed E-state index contributed by atoms with van der Waals surface area (Å²) in [7, 11) is 0. The molecule has 2 aromatic rings. The lowest BCUT2D eigenvalue weighted by Crippen LogP contribution is -2.23. The third-order valence-electron chi connectivity index (χ3n) is 3.88. The Bertz CT molecular complexity index is 652. The molecular weight excluding hydrogens is 346 g/mol. The van der Waals surface area contributed by atoms with Gasteiger partial charge in [0.1, 0.15) is 0 Å². The SMILES string of the molecule is CCNC(c1ccc(Cl)c(Br)c1)c1cc(C)c(C)cc1C. The Morgan fingerprint density at radius 2 is 1.71 bits per heavy atom. The second-order valence-corrected chi connectivity index (χ2v) is 6.72. The Labute approximate surface area is 140 Å². The quantitative estimate of drug-likeness (QED) is 0.729. The number of hydrogen-bond donors (Lipinski definition) is 1. The van der Waals surface area contributed by atoms with E-state index in [2.05, 4.69) is 73.2 Å². The molecule has 0 aromatic heterocycles. The van der Waals surface area contributed by atoms with Gasteiger partial charge in [-0.2, -0.15) is 0 Å². The van der Waals surface area contributed by atoms with Crippen LogP contribution in [0.4, 0.5) is 0 Å². The van der Waals surface area contributed by atoms with E-state index in [1.807, 2.05) is 6.07 Å². The van der Waals surface area contributed by atoms with Crippen molar-refractivity contribution in [3.63, 3.8) is 0 Å². The van der Waals surface area contributed by atoms with E-state index < -0.39 is 0 Å². The van der Waals surface area contributed by atoms with Gasteiger partial charge in [-0.3, -0.25) is 0 Å². The predicted molar refractivity (Wildman–Crippen MR) is 95.3 cm³/mol. The molecule has 0 spiro atoms. The zero-order chi connectivity index (χ0) is 15.6. The maximum atomic E-state index is 6.12. The van der Waals surface area contributed by atoms with Crippen LogP contribution in [0.25, 0.3) is 0 Å². The number of nitrogens with one attached hydrogen (secondary N) is 1. The molecule has 21 heavy (non-hydrogen) atoms. The highest BCUT2D eigenvalue weighted by Gasteiger charge is 2.17. The Balaban J connectivity index is 2.52. The molecule has 0 heterocycles. The second-order valence-electron chi connectivity index (χ2n) is 5.46. The summed E-state index contributed by atoms with van der Waals surface area (Å²) in [5, 5.41) is 4.33. The van der Waals surface area contributed by atoms with E-state index in [0.29, 0.717) is 0 Å². The van der Waals surface area contributed by atoms with Gasteiger partial charge in [-0.15, -0.1) is 0 Å². The zero-order valence-electron chi connectivity index (χ0n) is 12.9. The average Bonchev–Trinajstić information content (AvgIpc) is 2.44. The van der Waals surface area contributed by atoms with Gasteiger partial charge in [-0.25, -0.2) is 0 Å². The van der Waals surface area contributed by atoms with E-state index in [1.165, 1.54) is 27.8 Å². The maximum Gasteiger partial charge on any atom is 0.0579 e. The van der Waals surface area contributed by atoms with Crippen LogP contribution in [0.2, 0.25) is 5.02 Å². The third-order valence-corrected chi connectivity index (χ3v) is 5.09. The van der Waals surface area contributed by atoms with Crippen LogP contribution in [-0.2, 0) is 0 Å². The second kappa shape index (κ2) is 6.95. The normalized spacial score (nSPS) is 12.5. The summed E-state index contributed by atoms with van der Waals surface area (Å²) in [4.78, 5) is 0. The minimum atomic E-state index is 0.183. The Hall–Kier alpha value is -0.830. The Morgan fingerprint density at radius 1 is 1.05 bits per heavy atom. The molecule has 0 radical (unpaired) electrons. The van der Waals surface area contributed by atoms with Gasteiger partial charge in [-0.05, 0) is 83.2 Å². The van der Waals surface area contributed by atoms with Gasteiger partial charge in [0.05, 0.1) is 11.1 Å². The van der Waals surface area contributed by atoms with Crippen molar-refractivity contribution >= 4 is 27.5 Å². The molecule has 0 aliphatic heterocycles. The van der Waals surface area contributed by atoms with Crippen molar-refractivity contribution in [1.82, 2.24) is 5.32 Å². The van der Waals surface area contributed by atoms with Crippen molar-refractivity contribution in [2.24, 2.45) is 0 Å². The summed E-state index contributed by atoms with van der Waals surface area (Å²) in [6.45, 7) is 9.55. The highest BCUT2D eigenvalue weighted by Crippen LogP contribution is 2.31. The molecule has 0 aliphatic carbocycles. The topological polar surface area (TPSA) is 12.0 Å². The largest absolute Gasteiger partial charge is 0.307 e. The summed E-state index contributed by atoms with van der Waals surface area (Å²) in [6, 6.07) is 10.9. The van der Waals surface area contributed by atoms with Crippen LogP contribution in [0.1, 0.15) is 40.8 Å². The monoisotopic (exact) mass is 365 g/mol.